The van der Waals surface area contributed by atoms with E-state index in [-0.39, 0.29) is 0 Å². The van der Waals surface area contributed by atoms with Gasteiger partial charge >= 0.3 is 0 Å². The van der Waals surface area contributed by atoms with Crippen molar-refractivity contribution in [2.24, 2.45) is 5.73 Å². The van der Waals surface area contributed by atoms with Gasteiger partial charge in [-0.15, -0.1) is 11.3 Å². The van der Waals surface area contributed by atoms with E-state index < -0.39 is 0 Å². The molecular weight excluding hydrogens is 240 g/mol. The Bertz CT molecular complexity index is 501. The van der Waals surface area contributed by atoms with Crippen molar-refractivity contribution in [3.05, 3.63) is 35.2 Å². The molecule has 2 aromatic rings. The molecule has 1 saturated heterocycles. The second-order valence-electron chi connectivity index (χ2n) is 5.26. The highest BCUT2D eigenvalue weighted by Gasteiger charge is 2.23. The fraction of sp³-hybridized carbons (Fsp3) is 0.467. The van der Waals surface area contributed by atoms with E-state index in [9.17, 15) is 0 Å². The van der Waals surface area contributed by atoms with Gasteiger partial charge in [-0.25, -0.2) is 0 Å². The number of nitrogens with two attached hydrogens (primary N) is 1. The molecule has 1 aliphatic heterocycles. The zero-order valence-corrected chi connectivity index (χ0v) is 11.6. The van der Waals surface area contributed by atoms with Crippen molar-refractivity contribution in [2.75, 3.05) is 13.1 Å². The van der Waals surface area contributed by atoms with Gasteiger partial charge in [0.2, 0.25) is 0 Å². The first-order valence-corrected chi connectivity index (χ1v) is 7.54. The predicted octanol–water partition coefficient (Wildman–Crippen LogP) is 3.39. The molecule has 0 radical (unpaired) electrons. The van der Waals surface area contributed by atoms with Gasteiger partial charge in [-0.2, -0.15) is 0 Å². The van der Waals surface area contributed by atoms with E-state index in [2.05, 4.69) is 42.2 Å². The number of hydrogen-bond acceptors (Lipinski definition) is 3. The Morgan fingerprint density at radius 2 is 2.22 bits per heavy atom. The third-order valence-corrected chi connectivity index (χ3v) is 5.18. The van der Waals surface area contributed by atoms with E-state index in [4.69, 9.17) is 5.73 Å². The Kier molecular flexibility index (Phi) is 3.37. The third kappa shape index (κ3) is 2.30. The molecule has 3 rings (SSSR count). The number of likely N-dealkylation sites (tertiary alicyclic amines) is 1. The summed E-state index contributed by atoms with van der Waals surface area (Å²) in [7, 11) is 0. The van der Waals surface area contributed by atoms with E-state index in [1.165, 1.54) is 34.3 Å². The lowest BCUT2D eigenvalue weighted by Gasteiger charge is -2.34. The minimum atomic E-state index is 0.357. The van der Waals surface area contributed by atoms with Crippen molar-refractivity contribution >= 4 is 21.4 Å². The van der Waals surface area contributed by atoms with Crippen LogP contribution >= 0.6 is 11.3 Å². The molecule has 18 heavy (non-hydrogen) atoms. The molecule has 2 heterocycles. The summed E-state index contributed by atoms with van der Waals surface area (Å²) in [5.41, 5.74) is 6.08. The molecule has 2 atom stereocenters. The van der Waals surface area contributed by atoms with E-state index in [1.54, 1.807) is 0 Å². The maximum Gasteiger partial charge on any atom is 0.0414 e. The van der Waals surface area contributed by atoms with Crippen molar-refractivity contribution in [2.45, 2.75) is 31.8 Å². The molecule has 2 N–H and O–H groups in total. The van der Waals surface area contributed by atoms with Gasteiger partial charge in [-0.05, 0) is 43.8 Å². The summed E-state index contributed by atoms with van der Waals surface area (Å²) in [6, 6.07) is 11.8. The lowest BCUT2D eigenvalue weighted by atomic mass is 10.0. The van der Waals surface area contributed by atoms with Crippen molar-refractivity contribution in [1.82, 2.24) is 4.90 Å². The number of benzene rings is 1. The quantitative estimate of drug-likeness (QED) is 0.897. The first-order chi connectivity index (χ1) is 8.74. The molecule has 1 aromatic heterocycles. The number of thiophene rings is 1. The average molecular weight is 260 g/mol. The highest BCUT2D eigenvalue weighted by molar-refractivity contribution is 7.19. The van der Waals surface area contributed by atoms with Gasteiger partial charge in [0, 0.05) is 28.2 Å². The monoisotopic (exact) mass is 260 g/mol. The van der Waals surface area contributed by atoms with E-state index >= 15 is 0 Å². The van der Waals surface area contributed by atoms with Crippen molar-refractivity contribution in [1.29, 1.82) is 0 Å². The smallest absolute Gasteiger partial charge is 0.0414 e. The van der Waals surface area contributed by atoms with Gasteiger partial charge in [-0.3, -0.25) is 4.90 Å². The van der Waals surface area contributed by atoms with Crippen LogP contribution in [0.3, 0.4) is 0 Å². The van der Waals surface area contributed by atoms with E-state index in [0.29, 0.717) is 12.1 Å². The first-order valence-electron chi connectivity index (χ1n) is 6.72. The highest BCUT2D eigenvalue weighted by atomic mass is 32.1. The SMILES string of the molecule is CC(c1cc2ccccc2s1)N1CCCC(N)C1. The summed E-state index contributed by atoms with van der Waals surface area (Å²) in [5.74, 6) is 0. The summed E-state index contributed by atoms with van der Waals surface area (Å²) in [5, 5.41) is 1.37. The molecule has 0 spiro atoms. The normalized spacial score (nSPS) is 23.3. The minimum absolute atomic E-state index is 0.357. The summed E-state index contributed by atoms with van der Waals surface area (Å²) in [6.07, 6.45) is 2.41. The molecule has 2 nitrogen and oxygen atoms in total. The van der Waals surface area contributed by atoms with Crippen molar-refractivity contribution < 1.29 is 0 Å². The van der Waals surface area contributed by atoms with Crippen LogP contribution in [0, 0.1) is 0 Å². The zero-order valence-electron chi connectivity index (χ0n) is 10.8. The van der Waals surface area contributed by atoms with Crippen LogP contribution in [0.4, 0.5) is 0 Å². The van der Waals surface area contributed by atoms with Crippen LogP contribution in [0.2, 0.25) is 0 Å². The van der Waals surface area contributed by atoms with Gasteiger partial charge in [0.05, 0.1) is 0 Å². The molecule has 96 valence electrons. The predicted molar refractivity (Wildman–Crippen MR) is 79.0 cm³/mol. The Hall–Kier alpha value is -0.900. The molecule has 0 aliphatic carbocycles. The molecule has 2 unspecified atom stereocenters. The van der Waals surface area contributed by atoms with Crippen LogP contribution < -0.4 is 5.73 Å². The number of fused-ring (bicyclic) bond motifs is 1. The number of nitrogens with zero attached hydrogens (tertiary/aromatic N) is 1. The largest absolute Gasteiger partial charge is 0.327 e. The summed E-state index contributed by atoms with van der Waals surface area (Å²) in [6.45, 7) is 4.53. The number of hydrogen-bond donors (Lipinski definition) is 1. The Labute approximate surface area is 112 Å². The Balaban J connectivity index is 1.84. The summed E-state index contributed by atoms with van der Waals surface area (Å²) < 4.78 is 1.39. The lowest BCUT2D eigenvalue weighted by Crippen LogP contribution is -2.43. The fourth-order valence-electron chi connectivity index (χ4n) is 2.78. The molecule has 3 heteroatoms. The van der Waals surface area contributed by atoms with Crippen molar-refractivity contribution in [3.8, 4) is 0 Å². The minimum Gasteiger partial charge on any atom is -0.327 e. The summed E-state index contributed by atoms with van der Waals surface area (Å²) >= 11 is 1.92. The molecule has 1 aromatic carbocycles. The van der Waals surface area contributed by atoms with E-state index in [1.807, 2.05) is 11.3 Å². The van der Waals surface area contributed by atoms with Crippen LogP contribution in [0.15, 0.2) is 30.3 Å². The highest BCUT2D eigenvalue weighted by Crippen LogP contribution is 2.33. The standard InChI is InChI=1S/C15H20N2S/c1-11(17-8-4-6-13(16)10-17)15-9-12-5-2-3-7-14(12)18-15/h2-3,5,7,9,11,13H,4,6,8,10,16H2,1H3. The maximum absolute atomic E-state index is 6.08. The second-order valence-corrected chi connectivity index (χ2v) is 6.38. The second kappa shape index (κ2) is 5.00. The van der Waals surface area contributed by atoms with Gasteiger partial charge in [0.1, 0.15) is 0 Å². The molecule has 1 fully saturated rings. The fourth-order valence-corrected chi connectivity index (χ4v) is 3.93. The maximum atomic E-state index is 6.08. The van der Waals surface area contributed by atoms with Crippen LogP contribution in [0.25, 0.3) is 10.1 Å². The Morgan fingerprint density at radius 1 is 1.39 bits per heavy atom. The topological polar surface area (TPSA) is 29.3 Å². The van der Waals surface area contributed by atoms with E-state index in [0.717, 1.165) is 6.54 Å². The average Bonchev–Trinajstić information content (AvgIpc) is 2.81. The first kappa shape index (κ1) is 12.2. The van der Waals surface area contributed by atoms with Crippen molar-refractivity contribution in [3.63, 3.8) is 0 Å². The lowest BCUT2D eigenvalue weighted by molar-refractivity contribution is 0.161. The summed E-state index contributed by atoms with van der Waals surface area (Å²) in [4.78, 5) is 3.99. The van der Waals surface area contributed by atoms with Crippen LogP contribution in [-0.2, 0) is 0 Å². The molecule has 0 saturated carbocycles. The van der Waals surface area contributed by atoms with Crippen LogP contribution in [0.1, 0.15) is 30.7 Å². The van der Waals surface area contributed by atoms with Gasteiger partial charge in [0.25, 0.3) is 0 Å². The molecule has 1 aliphatic rings. The number of piperidine rings is 1. The van der Waals surface area contributed by atoms with Gasteiger partial charge in [-0.1, -0.05) is 18.2 Å². The molecule has 0 amide bonds. The zero-order chi connectivity index (χ0) is 12.5. The molecule has 0 bridgehead atoms. The van der Waals surface area contributed by atoms with Crippen LogP contribution in [0.5, 0.6) is 0 Å². The Morgan fingerprint density at radius 3 is 3.00 bits per heavy atom. The molecular formula is C15H20N2S. The van der Waals surface area contributed by atoms with Gasteiger partial charge in [0.15, 0.2) is 0 Å². The third-order valence-electron chi connectivity index (χ3n) is 3.89. The number of rotatable bonds is 2. The van der Waals surface area contributed by atoms with Gasteiger partial charge < -0.3 is 5.73 Å². The van der Waals surface area contributed by atoms with Crippen LogP contribution in [-0.4, -0.2) is 24.0 Å².